The van der Waals surface area contributed by atoms with Crippen molar-refractivity contribution >= 4 is 69.1 Å². The summed E-state index contributed by atoms with van der Waals surface area (Å²) in [6.07, 6.45) is 1.94. The van der Waals surface area contributed by atoms with Crippen LogP contribution in [-0.4, -0.2) is 134 Å². The Morgan fingerprint density at radius 3 is 2.42 bits per heavy atom. The van der Waals surface area contributed by atoms with Crippen molar-refractivity contribution in [3.63, 3.8) is 0 Å². The number of unbranched alkanes of at least 4 members (excludes halogenated alkanes) is 4. The third-order valence-electron chi connectivity index (χ3n) is 8.97. The SMILES string of the molecule is CCCCCC/C=C/CC(O)CC(=O)SCCNC(=O)CCNC(=O)C(O)C(C)(C)COP(=O)(O)OP(=O)(O)OCC1OC(n2cnc3c(N)ncnc32)C(O)C1OP(=O)(O)O. The number of amides is 2. The standard InChI is InChI=1S/C33H56N7O18P3S/c1-4-5-6-7-8-9-10-11-21(41)16-24(43)62-15-14-35-23(42)12-13-36-31(46)28(45)33(2,3)18-55-61(52,53)58-60(50,51)54-17-22-27(57-59(47,48)49)26(44)32(56-22)40-20-39-25-29(34)37-19-38-30(25)40/h9-10,19-22,26-28,32,41,44-45H,4-8,11-18H2,1-3H3,(H,35,42)(H,36,46)(H,50,51)(H,52,53)(H2,34,37,38)(H2,47,48,49)/b10-9+. The van der Waals surface area contributed by atoms with E-state index in [0.29, 0.717) is 6.42 Å². The summed E-state index contributed by atoms with van der Waals surface area (Å²) in [4.78, 5) is 88.0. The summed E-state index contributed by atoms with van der Waals surface area (Å²) in [5.74, 6) is -1.26. The highest BCUT2D eigenvalue weighted by molar-refractivity contribution is 8.13. The lowest BCUT2D eigenvalue weighted by Gasteiger charge is -2.30. The molecule has 1 saturated heterocycles. The highest BCUT2D eigenvalue weighted by Gasteiger charge is 2.50. The fraction of sp³-hybridized carbons (Fsp3) is 0.697. The number of thioether (sulfide) groups is 1. The molecule has 2 amide bonds. The normalized spacial score (nSPS) is 21.4. The smallest absolute Gasteiger partial charge is 0.392 e. The Bertz CT molecular complexity index is 1970. The van der Waals surface area contributed by atoms with Gasteiger partial charge in [-0.05, 0) is 19.3 Å². The quantitative estimate of drug-likeness (QED) is 0.0327. The van der Waals surface area contributed by atoms with Crippen LogP contribution in [0, 0.1) is 5.41 Å². The molecule has 8 unspecified atom stereocenters. The summed E-state index contributed by atoms with van der Waals surface area (Å²) in [5, 5.41) is 36.3. The number of imidazole rings is 1. The summed E-state index contributed by atoms with van der Waals surface area (Å²) in [6.45, 7) is 2.50. The van der Waals surface area contributed by atoms with Gasteiger partial charge < -0.3 is 56.0 Å². The van der Waals surface area contributed by atoms with Gasteiger partial charge in [-0.1, -0.05) is 63.9 Å². The Labute approximate surface area is 361 Å². The molecule has 29 heteroatoms. The third-order valence-corrected chi connectivity index (χ3v) is 13.0. The number of fused-ring (bicyclic) bond motifs is 1. The Hall–Kier alpha value is -2.74. The van der Waals surface area contributed by atoms with Crippen molar-refractivity contribution < 1.29 is 85.6 Å². The molecule has 0 aliphatic carbocycles. The molecule has 8 atom stereocenters. The van der Waals surface area contributed by atoms with E-state index in [2.05, 4.69) is 41.3 Å². The number of phosphoric ester groups is 3. The van der Waals surface area contributed by atoms with Crippen LogP contribution in [0.2, 0.25) is 0 Å². The first-order valence-corrected chi connectivity index (χ1v) is 24.8. The van der Waals surface area contributed by atoms with E-state index in [1.807, 2.05) is 12.2 Å². The van der Waals surface area contributed by atoms with E-state index in [1.54, 1.807) is 0 Å². The number of carbonyl (C=O) groups is 3. The van der Waals surface area contributed by atoms with E-state index in [1.165, 1.54) is 20.3 Å². The van der Waals surface area contributed by atoms with Crippen molar-refractivity contribution in [1.29, 1.82) is 0 Å². The first-order valence-electron chi connectivity index (χ1n) is 19.3. The van der Waals surface area contributed by atoms with Gasteiger partial charge >= 0.3 is 23.5 Å². The molecule has 0 bridgehead atoms. The predicted molar refractivity (Wildman–Crippen MR) is 220 cm³/mol. The number of nitrogen functional groups attached to an aromatic ring is 1. The molecule has 25 nitrogen and oxygen atoms in total. The van der Waals surface area contributed by atoms with Crippen molar-refractivity contribution in [3.8, 4) is 0 Å². The van der Waals surface area contributed by atoms with Gasteiger partial charge in [0.05, 0.1) is 25.6 Å². The van der Waals surface area contributed by atoms with Crippen molar-refractivity contribution in [2.24, 2.45) is 5.41 Å². The number of nitrogens with two attached hydrogens (primary N) is 1. The van der Waals surface area contributed by atoms with Crippen LogP contribution in [0.4, 0.5) is 5.82 Å². The van der Waals surface area contributed by atoms with Crippen LogP contribution in [0.3, 0.4) is 0 Å². The minimum atomic E-state index is -5.58. The van der Waals surface area contributed by atoms with Crippen molar-refractivity contribution in [3.05, 3.63) is 24.8 Å². The zero-order valence-electron chi connectivity index (χ0n) is 34.2. The van der Waals surface area contributed by atoms with E-state index < -0.39 is 90.7 Å². The number of hydrogen-bond acceptors (Lipinski definition) is 19. The van der Waals surface area contributed by atoms with Crippen LogP contribution >= 0.6 is 35.2 Å². The number of carbonyl (C=O) groups excluding carboxylic acids is 3. The van der Waals surface area contributed by atoms with Crippen LogP contribution < -0.4 is 16.4 Å². The molecule has 3 heterocycles. The lowest BCUT2D eigenvalue weighted by molar-refractivity contribution is -0.137. The van der Waals surface area contributed by atoms with Gasteiger partial charge in [-0.2, -0.15) is 4.31 Å². The highest BCUT2D eigenvalue weighted by atomic mass is 32.2. The van der Waals surface area contributed by atoms with Gasteiger partial charge in [-0.15, -0.1) is 0 Å². The molecule has 1 fully saturated rings. The molecular weight excluding hydrogens is 907 g/mol. The number of allylic oxidation sites excluding steroid dienone is 1. The van der Waals surface area contributed by atoms with Crippen LogP contribution in [-0.2, 0) is 50.7 Å². The Morgan fingerprint density at radius 1 is 1.02 bits per heavy atom. The molecule has 0 spiro atoms. The molecule has 1 aliphatic heterocycles. The summed E-state index contributed by atoms with van der Waals surface area (Å²) >= 11 is 0.967. The van der Waals surface area contributed by atoms with E-state index in [0.717, 1.165) is 54.7 Å². The van der Waals surface area contributed by atoms with Crippen molar-refractivity contribution in [1.82, 2.24) is 30.2 Å². The average molecular weight is 964 g/mol. The lowest BCUT2D eigenvalue weighted by Crippen LogP contribution is -2.46. The first-order chi connectivity index (χ1) is 28.9. The number of nitrogens with one attached hydrogen (secondary N) is 2. The molecule has 1 aliphatic rings. The summed E-state index contributed by atoms with van der Waals surface area (Å²) in [5.41, 5.74) is 4.24. The number of aliphatic hydroxyl groups is 3. The average Bonchev–Trinajstić information content (AvgIpc) is 3.74. The highest BCUT2D eigenvalue weighted by Crippen LogP contribution is 2.61. The monoisotopic (exact) mass is 963 g/mol. The van der Waals surface area contributed by atoms with Crippen molar-refractivity contribution in [2.45, 2.75) is 109 Å². The number of nitrogens with zero attached hydrogens (tertiary/aromatic N) is 4. The number of rotatable bonds is 28. The molecule has 2 aromatic rings. The van der Waals surface area contributed by atoms with Crippen LogP contribution in [0.25, 0.3) is 11.2 Å². The molecule has 0 radical (unpaired) electrons. The maximum Gasteiger partial charge on any atom is 0.481 e. The minimum Gasteiger partial charge on any atom is -0.392 e. The summed E-state index contributed by atoms with van der Waals surface area (Å²) < 4.78 is 62.2. The number of hydrogen-bond donors (Lipinski definition) is 10. The molecular formula is C33H56N7O18P3S. The van der Waals surface area contributed by atoms with E-state index in [4.69, 9.17) is 19.5 Å². The predicted octanol–water partition coefficient (Wildman–Crippen LogP) is 1.33. The van der Waals surface area contributed by atoms with Gasteiger partial charge in [0.25, 0.3) is 0 Å². The molecule has 62 heavy (non-hydrogen) atoms. The van der Waals surface area contributed by atoms with Gasteiger partial charge in [0.1, 0.15) is 36.3 Å². The lowest BCUT2D eigenvalue weighted by atomic mass is 9.87. The Kier molecular flexibility index (Phi) is 21.2. The van der Waals surface area contributed by atoms with Gasteiger partial charge in [0, 0.05) is 37.1 Å². The largest absolute Gasteiger partial charge is 0.481 e. The molecule has 11 N–H and O–H groups in total. The van der Waals surface area contributed by atoms with Crippen molar-refractivity contribution in [2.75, 3.05) is 37.8 Å². The number of phosphoric acid groups is 3. The number of aliphatic hydroxyl groups excluding tert-OH is 3. The fourth-order valence-electron chi connectivity index (χ4n) is 5.69. The second-order valence-corrected chi connectivity index (χ2v) is 20.1. The molecule has 352 valence electrons. The van der Waals surface area contributed by atoms with Gasteiger partial charge in [-0.3, -0.25) is 32.5 Å². The van der Waals surface area contributed by atoms with Gasteiger partial charge in [0.2, 0.25) is 11.8 Å². The summed E-state index contributed by atoms with van der Waals surface area (Å²) in [7, 11) is -16.4. The van der Waals surface area contributed by atoms with E-state index in [-0.39, 0.29) is 53.8 Å². The minimum absolute atomic E-state index is 0.0263. The van der Waals surface area contributed by atoms with E-state index in [9.17, 15) is 63.0 Å². The Balaban J connectivity index is 1.40. The number of ether oxygens (including phenoxy) is 1. The Morgan fingerprint density at radius 2 is 1.73 bits per heavy atom. The van der Waals surface area contributed by atoms with Crippen LogP contribution in [0.5, 0.6) is 0 Å². The maximum atomic E-state index is 12.7. The topological polar surface area (TPSA) is 384 Å². The first kappa shape index (κ1) is 53.6. The van der Waals surface area contributed by atoms with Gasteiger partial charge in [-0.25, -0.2) is 28.6 Å². The molecule has 2 aromatic heterocycles. The third kappa shape index (κ3) is 18.0. The van der Waals surface area contributed by atoms with E-state index >= 15 is 0 Å². The molecule has 3 rings (SSSR count). The molecule has 0 saturated carbocycles. The van der Waals surface area contributed by atoms with Gasteiger partial charge in [0.15, 0.2) is 22.8 Å². The maximum absolute atomic E-state index is 12.7. The second kappa shape index (κ2) is 24.5. The summed E-state index contributed by atoms with van der Waals surface area (Å²) in [6, 6.07) is 0. The number of anilines is 1. The van der Waals surface area contributed by atoms with Crippen LogP contribution in [0.15, 0.2) is 24.8 Å². The number of aromatic nitrogens is 4. The molecule has 0 aromatic carbocycles. The zero-order valence-corrected chi connectivity index (χ0v) is 37.7. The zero-order chi connectivity index (χ0) is 46.3. The second-order valence-electron chi connectivity index (χ2n) is 14.7. The van der Waals surface area contributed by atoms with Crippen LogP contribution in [0.1, 0.15) is 78.4 Å². The fourth-order valence-corrected chi connectivity index (χ4v) is 9.26.